The number of nitrogens with one attached hydrogen (secondary N) is 1. The number of hydrogen-bond donors (Lipinski definition) is 1. The molecule has 78 valence electrons. The van der Waals surface area contributed by atoms with Crippen molar-refractivity contribution >= 4 is 28.6 Å². The zero-order valence-corrected chi connectivity index (χ0v) is 8.18. The Morgan fingerprint density at radius 2 is 2.08 bits per heavy atom. The molecule has 0 saturated heterocycles. The summed E-state index contributed by atoms with van der Waals surface area (Å²) >= 11 is 4.98. The minimum Gasteiger partial charge on any atom is -0.312 e. The average molecular weight is 236 g/mol. The quantitative estimate of drug-likeness (QED) is 0.574. The maximum Gasteiger partial charge on any atom is 0.404 e. The van der Waals surface area contributed by atoms with Gasteiger partial charge in [0.15, 0.2) is 0 Å². The number of hydrogen-bond acceptors (Lipinski definition) is 2. The molecule has 0 aromatic carbocycles. The van der Waals surface area contributed by atoms with E-state index in [4.69, 9.17) is 17.0 Å². The molecule has 0 heterocycles. The summed E-state index contributed by atoms with van der Waals surface area (Å²) < 4.78 is 46.2. The minimum absolute atomic E-state index is 0.0124. The maximum atomic E-state index is 11.8. The van der Waals surface area contributed by atoms with E-state index in [1.54, 1.807) is 0 Å². The van der Waals surface area contributed by atoms with Crippen LogP contribution in [0.25, 0.3) is 0 Å². The Kier molecular flexibility index (Phi) is 5.55. The van der Waals surface area contributed by atoms with Crippen LogP contribution in [-0.4, -0.2) is 33.5 Å². The Balaban J connectivity index is 3.76. The molecule has 0 amide bonds. The van der Waals surface area contributed by atoms with Crippen molar-refractivity contribution in [2.75, 3.05) is 11.5 Å². The van der Waals surface area contributed by atoms with Gasteiger partial charge in [0.05, 0.1) is 5.75 Å². The Morgan fingerprint density at radius 3 is 2.46 bits per heavy atom. The Hall–Kier alpha value is -0.100. The van der Waals surface area contributed by atoms with Crippen LogP contribution >= 0.6 is 11.6 Å². The summed E-state index contributed by atoms with van der Waals surface area (Å²) in [5, 5.41) is 4.63. The second-order valence-electron chi connectivity index (χ2n) is 2.31. The van der Waals surface area contributed by atoms with Crippen molar-refractivity contribution in [3.8, 4) is 0 Å². The van der Waals surface area contributed by atoms with Crippen molar-refractivity contribution < 1.29 is 17.4 Å². The van der Waals surface area contributed by atoms with Gasteiger partial charge in [-0.1, -0.05) is 0 Å². The predicted octanol–water partition coefficient (Wildman–Crippen LogP) is 1.94. The normalized spacial score (nSPS) is 16.6. The van der Waals surface area contributed by atoms with Gasteiger partial charge in [-0.25, -0.2) is 0 Å². The zero-order valence-electron chi connectivity index (χ0n) is 6.60. The molecule has 0 aromatic rings. The van der Waals surface area contributed by atoms with Crippen LogP contribution in [0, 0.1) is 5.41 Å². The SMILES string of the molecule is N=CCS(=O)CCC(Cl)C(F)(F)F. The highest BCUT2D eigenvalue weighted by Gasteiger charge is 2.37. The van der Waals surface area contributed by atoms with Crippen molar-refractivity contribution in [3.05, 3.63) is 0 Å². The van der Waals surface area contributed by atoms with Crippen molar-refractivity contribution in [1.29, 1.82) is 5.41 Å². The summed E-state index contributed by atoms with van der Waals surface area (Å²) in [5.74, 6) is -0.134. The summed E-state index contributed by atoms with van der Waals surface area (Å²) in [6.45, 7) is 0. The molecule has 0 aromatic heterocycles. The lowest BCUT2D eigenvalue weighted by atomic mass is 10.3. The number of halogens is 4. The summed E-state index contributed by atoms with van der Waals surface area (Å²) in [6, 6.07) is 0. The largest absolute Gasteiger partial charge is 0.404 e. The molecule has 0 rings (SSSR count). The summed E-state index contributed by atoms with van der Waals surface area (Å²) in [4.78, 5) is 0. The van der Waals surface area contributed by atoms with Gasteiger partial charge < -0.3 is 5.41 Å². The third kappa shape index (κ3) is 6.04. The fourth-order valence-corrected chi connectivity index (χ4v) is 1.66. The highest BCUT2D eigenvalue weighted by molar-refractivity contribution is 7.85. The third-order valence-electron chi connectivity index (χ3n) is 1.22. The van der Waals surface area contributed by atoms with Crippen LogP contribution in [0.4, 0.5) is 13.2 Å². The van der Waals surface area contributed by atoms with Gasteiger partial charge in [-0.05, 0) is 6.42 Å². The summed E-state index contributed by atoms with van der Waals surface area (Å²) in [5.41, 5.74) is 0. The molecule has 2 unspecified atom stereocenters. The van der Waals surface area contributed by atoms with Gasteiger partial charge in [-0.2, -0.15) is 13.2 Å². The van der Waals surface area contributed by atoms with Crippen LogP contribution in [-0.2, 0) is 10.8 Å². The van der Waals surface area contributed by atoms with Gasteiger partial charge in [-0.3, -0.25) is 4.21 Å². The first-order valence-corrected chi connectivity index (χ1v) is 5.35. The lowest BCUT2D eigenvalue weighted by Crippen LogP contribution is -2.25. The smallest absolute Gasteiger partial charge is 0.312 e. The third-order valence-corrected chi connectivity index (χ3v) is 2.92. The summed E-state index contributed by atoms with van der Waals surface area (Å²) in [7, 11) is -1.40. The Labute approximate surface area is 81.4 Å². The van der Waals surface area contributed by atoms with E-state index in [0.29, 0.717) is 0 Å². The zero-order chi connectivity index (χ0) is 10.5. The maximum absolute atomic E-state index is 11.8. The van der Waals surface area contributed by atoms with Crippen molar-refractivity contribution in [2.24, 2.45) is 0 Å². The van der Waals surface area contributed by atoms with Gasteiger partial charge in [0.1, 0.15) is 5.38 Å². The summed E-state index contributed by atoms with van der Waals surface area (Å²) in [6.07, 6.45) is -3.89. The Bertz CT molecular complexity index is 197. The molecule has 2 atom stereocenters. The molecule has 0 bridgehead atoms. The predicted molar refractivity (Wildman–Crippen MR) is 47.0 cm³/mol. The van der Waals surface area contributed by atoms with Gasteiger partial charge in [0, 0.05) is 22.8 Å². The van der Waals surface area contributed by atoms with E-state index in [1.807, 2.05) is 0 Å². The second-order valence-corrected chi connectivity index (χ2v) is 4.46. The van der Waals surface area contributed by atoms with Crippen molar-refractivity contribution in [2.45, 2.75) is 18.0 Å². The average Bonchev–Trinajstić information content (AvgIpc) is 1.99. The molecule has 13 heavy (non-hydrogen) atoms. The fraction of sp³-hybridized carbons (Fsp3) is 0.833. The van der Waals surface area contributed by atoms with Crippen LogP contribution in [0.15, 0.2) is 0 Å². The van der Waals surface area contributed by atoms with E-state index in [2.05, 4.69) is 0 Å². The number of alkyl halides is 4. The first-order valence-electron chi connectivity index (χ1n) is 3.42. The van der Waals surface area contributed by atoms with Crippen molar-refractivity contribution in [3.63, 3.8) is 0 Å². The minimum atomic E-state index is -4.43. The monoisotopic (exact) mass is 235 g/mol. The van der Waals surface area contributed by atoms with E-state index in [1.165, 1.54) is 0 Å². The highest BCUT2D eigenvalue weighted by atomic mass is 35.5. The molecule has 2 nitrogen and oxygen atoms in total. The van der Waals surface area contributed by atoms with Gasteiger partial charge in [0.25, 0.3) is 0 Å². The van der Waals surface area contributed by atoms with E-state index in [0.717, 1.165) is 6.21 Å². The van der Waals surface area contributed by atoms with E-state index >= 15 is 0 Å². The van der Waals surface area contributed by atoms with Crippen LogP contribution in [0.2, 0.25) is 0 Å². The molecular weight excluding hydrogens is 227 g/mol. The van der Waals surface area contributed by atoms with Crippen LogP contribution in [0.1, 0.15) is 6.42 Å². The lowest BCUT2D eigenvalue weighted by molar-refractivity contribution is -0.130. The Morgan fingerprint density at radius 1 is 1.54 bits per heavy atom. The van der Waals surface area contributed by atoms with Gasteiger partial charge in [0.2, 0.25) is 0 Å². The molecule has 0 aliphatic carbocycles. The van der Waals surface area contributed by atoms with Gasteiger partial charge in [-0.15, -0.1) is 11.6 Å². The molecule has 0 saturated carbocycles. The second kappa shape index (κ2) is 5.59. The first-order chi connectivity index (χ1) is 5.88. The van der Waals surface area contributed by atoms with Gasteiger partial charge >= 0.3 is 6.18 Å². The molecule has 0 aliphatic heterocycles. The standard InChI is InChI=1S/C6H9ClF3NOS/c7-5(6(8,9)10)1-3-13(12)4-2-11/h2,5,11H,1,3-4H2. The fourth-order valence-electron chi connectivity index (χ4n) is 0.575. The van der Waals surface area contributed by atoms with E-state index in [9.17, 15) is 17.4 Å². The lowest BCUT2D eigenvalue weighted by Gasteiger charge is -2.12. The molecule has 0 radical (unpaired) electrons. The van der Waals surface area contributed by atoms with Crippen LogP contribution in [0.3, 0.4) is 0 Å². The molecule has 0 aliphatic rings. The number of rotatable bonds is 5. The molecule has 1 N–H and O–H groups in total. The van der Waals surface area contributed by atoms with E-state index < -0.39 is 22.4 Å². The van der Waals surface area contributed by atoms with Crippen LogP contribution in [0.5, 0.6) is 0 Å². The highest BCUT2D eigenvalue weighted by Crippen LogP contribution is 2.27. The molecule has 0 spiro atoms. The van der Waals surface area contributed by atoms with E-state index in [-0.39, 0.29) is 17.9 Å². The molecular formula is C6H9ClF3NOS. The molecule has 7 heteroatoms. The molecule has 0 fully saturated rings. The van der Waals surface area contributed by atoms with Crippen LogP contribution < -0.4 is 0 Å². The first kappa shape index (κ1) is 12.9. The topological polar surface area (TPSA) is 40.9 Å². The van der Waals surface area contributed by atoms with Crippen molar-refractivity contribution in [1.82, 2.24) is 0 Å².